The number of nitrogens with one attached hydrogen (secondary N) is 3. The molecular formula is C52H67N9O8. The lowest BCUT2D eigenvalue weighted by Crippen LogP contribution is -2.68. The minimum atomic E-state index is -1.16. The van der Waals surface area contributed by atoms with Crippen molar-refractivity contribution in [2.24, 2.45) is 11.3 Å². The van der Waals surface area contributed by atoms with E-state index in [1.54, 1.807) is 37.4 Å². The Morgan fingerprint density at radius 3 is 2.54 bits per heavy atom. The molecule has 2 aromatic carbocycles. The van der Waals surface area contributed by atoms with E-state index in [0.717, 1.165) is 44.5 Å². The summed E-state index contributed by atoms with van der Waals surface area (Å²) in [5, 5.41) is 19.9. The van der Waals surface area contributed by atoms with Gasteiger partial charge in [0.2, 0.25) is 11.8 Å². The van der Waals surface area contributed by atoms with E-state index < -0.39 is 41.3 Å². The Balaban J connectivity index is 1.07. The summed E-state index contributed by atoms with van der Waals surface area (Å²) in [6.45, 7) is 14.7. The molecule has 4 saturated heterocycles. The molecule has 6 bridgehead atoms. The number of carbonyl (C=O) groups excluding carboxylic acids is 5. The van der Waals surface area contributed by atoms with Gasteiger partial charge in [-0.3, -0.25) is 29.2 Å². The molecule has 368 valence electrons. The molecule has 5 amide bonds. The van der Waals surface area contributed by atoms with Gasteiger partial charge in [0.1, 0.15) is 23.9 Å². The van der Waals surface area contributed by atoms with Crippen molar-refractivity contribution >= 4 is 40.6 Å². The van der Waals surface area contributed by atoms with Crippen molar-refractivity contribution in [1.29, 1.82) is 0 Å². The fraction of sp³-hybridized carbons (Fsp3) is 0.538. The first-order chi connectivity index (χ1) is 33.0. The number of rotatable bonds is 9. The van der Waals surface area contributed by atoms with Gasteiger partial charge in [-0.1, -0.05) is 39.8 Å². The first kappa shape index (κ1) is 48.0. The number of urea groups is 1. The highest BCUT2D eigenvalue weighted by atomic mass is 16.5. The smallest absolute Gasteiger partial charge is 0.324 e. The molecule has 2 aromatic heterocycles. The molecule has 5 aliphatic heterocycles. The second-order valence-corrected chi connectivity index (χ2v) is 20.7. The average molecular weight is 946 g/mol. The largest absolute Gasteiger partial charge is 0.508 e. The van der Waals surface area contributed by atoms with Crippen molar-refractivity contribution in [3.63, 3.8) is 0 Å². The maximum absolute atomic E-state index is 14.8. The van der Waals surface area contributed by atoms with Crippen LogP contribution < -0.4 is 16.1 Å². The first-order valence-corrected chi connectivity index (χ1v) is 24.6. The van der Waals surface area contributed by atoms with E-state index in [9.17, 15) is 29.1 Å². The van der Waals surface area contributed by atoms with Crippen LogP contribution in [-0.2, 0) is 48.0 Å². The van der Waals surface area contributed by atoms with Gasteiger partial charge >= 0.3 is 12.0 Å². The Labute approximate surface area is 403 Å². The molecule has 0 spiro atoms. The highest BCUT2D eigenvalue weighted by Gasteiger charge is 2.53. The van der Waals surface area contributed by atoms with Crippen molar-refractivity contribution in [2.75, 3.05) is 46.9 Å². The molecule has 7 heterocycles. The number of cyclic esters (lactones) is 1. The number of aryl methyl sites for hydroxylation is 1. The van der Waals surface area contributed by atoms with Gasteiger partial charge in [-0.05, 0) is 104 Å². The number of aromatic nitrogens is 2. The Kier molecular flexibility index (Phi) is 13.2. The van der Waals surface area contributed by atoms with Crippen LogP contribution in [0.3, 0.4) is 0 Å². The van der Waals surface area contributed by atoms with E-state index in [4.69, 9.17) is 14.5 Å². The molecule has 0 radical (unpaired) electrons. The molecular weight excluding hydrogens is 879 g/mol. The maximum atomic E-state index is 14.8. The molecule has 5 aliphatic rings. The van der Waals surface area contributed by atoms with Crippen LogP contribution in [0.1, 0.15) is 83.7 Å². The van der Waals surface area contributed by atoms with E-state index in [2.05, 4.69) is 59.6 Å². The summed E-state index contributed by atoms with van der Waals surface area (Å²) >= 11 is 0. The van der Waals surface area contributed by atoms with Crippen LogP contribution in [0, 0.1) is 11.3 Å². The third-order valence-electron chi connectivity index (χ3n) is 14.8. The lowest BCUT2D eigenvalue weighted by atomic mass is 9.84. The quantitative estimate of drug-likeness (QED) is 0.133. The number of nitrogens with zero attached hydrogens (tertiary/aromatic N) is 6. The van der Waals surface area contributed by atoms with Gasteiger partial charge in [-0.25, -0.2) is 10.2 Å². The standard InChI is InChI=1S/C52H67N9O8/c1-9-58-41-15-14-32-24-36(41)37(46(58)35-12-10-17-53-44(35)30(4)68-8)25-52(5,6)28-69-50(66)38-13-11-18-61(56-38)49(65)39(22-31-20-33(32)23-34(62)21-31)55-47(63)45(29(2)3)57(7)51(67)60-27-43-42(60)16-19-59(43)48(64)40-26-54-40/h10,12,14-15,17,20-21,23-24,29-30,38-40,42-43,45,54,56,62H,9,11,13,16,18-19,22,25-28H2,1-8H3,(H,55,63)/t30-,38-,39-,40+,42+,43+,45?/m0/s1. The van der Waals surface area contributed by atoms with Crippen molar-refractivity contribution < 1.29 is 38.6 Å². The van der Waals surface area contributed by atoms with Crippen molar-refractivity contribution in [2.45, 2.75) is 123 Å². The number of hydrogen-bond acceptors (Lipinski definition) is 11. The van der Waals surface area contributed by atoms with E-state index in [1.807, 2.05) is 43.9 Å². The third-order valence-corrected chi connectivity index (χ3v) is 14.8. The summed E-state index contributed by atoms with van der Waals surface area (Å²) in [7, 11) is 3.28. The van der Waals surface area contributed by atoms with Gasteiger partial charge in [0.25, 0.3) is 5.91 Å². The van der Waals surface area contributed by atoms with Crippen molar-refractivity contribution in [3.8, 4) is 28.1 Å². The second kappa shape index (κ2) is 19.0. The molecule has 0 aliphatic carbocycles. The Morgan fingerprint density at radius 2 is 1.81 bits per heavy atom. The molecule has 17 nitrogen and oxygen atoms in total. The molecule has 7 atom stereocenters. The number of carbonyl (C=O) groups is 5. The van der Waals surface area contributed by atoms with Gasteiger partial charge in [-0.2, -0.15) is 0 Å². The Morgan fingerprint density at radius 1 is 1.03 bits per heavy atom. The number of phenols is 1. The molecule has 0 saturated carbocycles. The molecule has 69 heavy (non-hydrogen) atoms. The summed E-state index contributed by atoms with van der Waals surface area (Å²) in [6, 6.07) is 12.0. The normalized spacial score (nSPS) is 24.2. The van der Waals surface area contributed by atoms with Crippen molar-refractivity contribution in [1.82, 2.24) is 45.3 Å². The SMILES string of the molecule is CCn1c(-c2cccnc2[C@H](C)OC)c2c3cc(ccc31)-c1cc(O)cc(c1)C[C@H](NC(=O)C(C(C)C)N(C)C(=O)N1C[C@@H]3[C@H]1CCN3C(=O)[C@H]1CN1)C(=O)N1CCC[C@H](N1)C(=O)OCC(C)(C)C2. The fourth-order valence-electron chi connectivity index (χ4n) is 11.1. The van der Waals surface area contributed by atoms with Gasteiger partial charge in [0, 0.05) is 81.4 Å². The highest BCUT2D eigenvalue weighted by molar-refractivity contribution is 5.96. The van der Waals surface area contributed by atoms with Crippen LogP contribution in [-0.4, -0.2) is 147 Å². The molecule has 4 aromatic rings. The summed E-state index contributed by atoms with van der Waals surface area (Å²) in [6.07, 6.45) is 3.66. The number of benzene rings is 2. The average Bonchev–Trinajstić information content (AvgIpc) is 4.07. The number of likely N-dealkylation sites (tertiary alicyclic amines) is 2. The number of pyridine rings is 1. The Hall–Kier alpha value is -6.04. The predicted molar refractivity (Wildman–Crippen MR) is 260 cm³/mol. The first-order valence-electron chi connectivity index (χ1n) is 24.6. The number of fused-ring (bicyclic) bond motifs is 7. The minimum Gasteiger partial charge on any atom is -0.508 e. The van der Waals surface area contributed by atoms with E-state index in [1.165, 1.54) is 9.91 Å². The lowest BCUT2D eigenvalue weighted by molar-refractivity contribution is -0.155. The fourth-order valence-corrected chi connectivity index (χ4v) is 11.1. The zero-order chi connectivity index (χ0) is 49.1. The van der Waals surface area contributed by atoms with E-state index in [0.29, 0.717) is 57.4 Å². The second-order valence-electron chi connectivity index (χ2n) is 20.7. The molecule has 9 rings (SSSR count). The number of hydrazine groups is 1. The topological polar surface area (TPSA) is 201 Å². The molecule has 4 N–H and O–H groups in total. The minimum absolute atomic E-state index is 0.00313. The van der Waals surface area contributed by atoms with E-state index in [-0.39, 0.29) is 67.4 Å². The summed E-state index contributed by atoms with van der Waals surface area (Å²) in [5.74, 6) is -1.73. The third kappa shape index (κ3) is 9.28. The summed E-state index contributed by atoms with van der Waals surface area (Å²) in [5.41, 5.74) is 9.59. The number of likely N-dealkylation sites (N-methyl/N-ethyl adjacent to an activating group) is 1. The number of esters is 1. The Bertz CT molecular complexity index is 2660. The molecule has 17 heteroatoms. The monoisotopic (exact) mass is 946 g/mol. The molecule has 1 unspecified atom stereocenters. The number of methoxy groups -OCH3 is 1. The zero-order valence-electron chi connectivity index (χ0n) is 41.1. The maximum Gasteiger partial charge on any atom is 0.324 e. The van der Waals surface area contributed by atoms with Gasteiger partial charge in [0.05, 0.1) is 42.2 Å². The summed E-state index contributed by atoms with van der Waals surface area (Å²) < 4.78 is 14.2. The van der Waals surface area contributed by atoms with Crippen LogP contribution in [0.15, 0.2) is 54.7 Å². The number of ether oxygens (including phenoxy) is 2. The lowest BCUT2D eigenvalue weighted by Gasteiger charge is -2.48. The number of phenolic OH excluding ortho intramolecular Hbond substituents is 1. The van der Waals surface area contributed by atoms with Crippen LogP contribution in [0.25, 0.3) is 33.3 Å². The molecule has 4 fully saturated rings. The number of hydrogen-bond donors (Lipinski definition) is 4. The van der Waals surface area contributed by atoms with Crippen LogP contribution in [0.4, 0.5) is 4.79 Å². The predicted octanol–water partition coefficient (Wildman–Crippen LogP) is 4.78. The number of amides is 5. The van der Waals surface area contributed by atoms with Gasteiger partial charge in [0.15, 0.2) is 0 Å². The van der Waals surface area contributed by atoms with Crippen LogP contribution in [0.2, 0.25) is 0 Å². The summed E-state index contributed by atoms with van der Waals surface area (Å²) in [4.78, 5) is 80.4. The van der Waals surface area contributed by atoms with Crippen LogP contribution in [0.5, 0.6) is 5.75 Å². The highest BCUT2D eigenvalue weighted by Crippen LogP contribution is 2.42. The van der Waals surface area contributed by atoms with Gasteiger partial charge in [-0.15, -0.1) is 0 Å². The van der Waals surface area contributed by atoms with Crippen LogP contribution >= 0.6 is 0 Å². The van der Waals surface area contributed by atoms with Crippen molar-refractivity contribution in [3.05, 3.63) is 71.5 Å². The van der Waals surface area contributed by atoms with Gasteiger partial charge < -0.3 is 44.5 Å². The van der Waals surface area contributed by atoms with E-state index >= 15 is 0 Å². The number of aromatic hydroxyl groups is 1. The zero-order valence-corrected chi connectivity index (χ0v) is 41.1.